The van der Waals surface area contributed by atoms with E-state index < -0.39 is 19.9 Å². The van der Waals surface area contributed by atoms with Gasteiger partial charge in [-0.15, -0.1) is 0 Å². The van der Waals surface area contributed by atoms with Crippen LogP contribution in [-0.4, -0.2) is 42.4 Å². The zero-order valence-electron chi connectivity index (χ0n) is 17.8. The monoisotopic (exact) mass is 439 g/mol. The highest BCUT2D eigenvalue weighted by Gasteiger charge is 2.28. The molecule has 1 aromatic carbocycles. The first-order chi connectivity index (χ1) is 14.4. The van der Waals surface area contributed by atoms with E-state index in [1.807, 2.05) is 18.2 Å². The standard InChI is InChI=1S/C22H34NO6P/c1-16(2)19(22(25)26)15-30(27)29-13-20(17-9-5-3-6-10-17)23-21(24)14-28-18-11-7-4-8-12-18/h4,7-8,11-12,16-17,19-20,30H,3,5-6,9-10,13-15H2,1-2H3,(H,23,24)(H,25,26). The molecular formula is C22H34NO6P. The van der Waals surface area contributed by atoms with Crippen molar-refractivity contribution >= 4 is 19.9 Å². The average Bonchev–Trinajstić information content (AvgIpc) is 2.74. The third-order valence-electron chi connectivity index (χ3n) is 5.61. The van der Waals surface area contributed by atoms with E-state index in [2.05, 4.69) is 5.32 Å². The van der Waals surface area contributed by atoms with Gasteiger partial charge < -0.3 is 19.7 Å². The quantitative estimate of drug-likeness (QED) is 0.478. The van der Waals surface area contributed by atoms with Crippen molar-refractivity contribution in [2.24, 2.45) is 17.8 Å². The summed E-state index contributed by atoms with van der Waals surface area (Å²) in [7, 11) is -2.51. The molecule has 30 heavy (non-hydrogen) atoms. The molecule has 8 heteroatoms. The first-order valence-electron chi connectivity index (χ1n) is 10.7. The van der Waals surface area contributed by atoms with Crippen molar-refractivity contribution in [3.05, 3.63) is 30.3 Å². The minimum Gasteiger partial charge on any atom is -0.484 e. The SMILES string of the molecule is CC(C)C(C[PH](=O)OCC(NC(=O)COc1ccccc1)C1CCCCC1)C(=O)O. The van der Waals surface area contributed by atoms with Crippen molar-refractivity contribution in [3.63, 3.8) is 0 Å². The number of carbonyl (C=O) groups excluding carboxylic acids is 1. The van der Waals surface area contributed by atoms with Crippen molar-refractivity contribution in [2.75, 3.05) is 19.4 Å². The van der Waals surface area contributed by atoms with Gasteiger partial charge in [-0.3, -0.25) is 14.2 Å². The van der Waals surface area contributed by atoms with E-state index in [1.54, 1.807) is 26.0 Å². The zero-order valence-corrected chi connectivity index (χ0v) is 18.8. The summed E-state index contributed by atoms with van der Waals surface area (Å²) in [6.45, 7) is 3.62. The lowest BCUT2D eigenvalue weighted by Crippen LogP contribution is -2.45. The van der Waals surface area contributed by atoms with Crippen LogP contribution in [0.5, 0.6) is 5.75 Å². The normalized spacial score (nSPS) is 17.8. The van der Waals surface area contributed by atoms with Crippen LogP contribution < -0.4 is 10.1 Å². The Labute approximate surface area is 179 Å². The molecule has 1 aromatic rings. The van der Waals surface area contributed by atoms with Crippen LogP contribution >= 0.6 is 8.03 Å². The van der Waals surface area contributed by atoms with Gasteiger partial charge in [0.2, 0.25) is 0 Å². The molecule has 3 atom stereocenters. The second kappa shape index (κ2) is 12.8. The molecule has 0 spiro atoms. The van der Waals surface area contributed by atoms with E-state index in [-0.39, 0.29) is 43.2 Å². The number of para-hydroxylation sites is 1. The van der Waals surface area contributed by atoms with E-state index in [0.717, 1.165) is 25.7 Å². The van der Waals surface area contributed by atoms with Crippen LogP contribution in [0.15, 0.2) is 30.3 Å². The van der Waals surface area contributed by atoms with Gasteiger partial charge in [-0.25, -0.2) is 0 Å². The summed E-state index contributed by atoms with van der Waals surface area (Å²) in [6, 6.07) is 8.87. The van der Waals surface area contributed by atoms with Crippen molar-refractivity contribution in [1.29, 1.82) is 0 Å². The number of carboxylic acids is 1. The molecular weight excluding hydrogens is 405 g/mol. The van der Waals surface area contributed by atoms with Crippen molar-refractivity contribution in [1.82, 2.24) is 5.32 Å². The van der Waals surface area contributed by atoms with Gasteiger partial charge in [0.25, 0.3) is 5.91 Å². The summed E-state index contributed by atoms with van der Waals surface area (Å²) in [4.78, 5) is 23.8. The van der Waals surface area contributed by atoms with Crippen molar-refractivity contribution in [2.45, 2.75) is 52.0 Å². The molecule has 1 aliphatic carbocycles. The Morgan fingerprint density at radius 3 is 2.43 bits per heavy atom. The van der Waals surface area contributed by atoms with Gasteiger partial charge in [-0.1, -0.05) is 51.3 Å². The summed E-state index contributed by atoms with van der Waals surface area (Å²) in [5.74, 6) is -1.14. The summed E-state index contributed by atoms with van der Waals surface area (Å²) in [6.07, 6.45) is 5.36. The second-order valence-corrected chi connectivity index (χ2v) is 9.69. The lowest BCUT2D eigenvalue weighted by molar-refractivity contribution is -0.142. The Morgan fingerprint density at radius 2 is 1.83 bits per heavy atom. The molecule has 7 nitrogen and oxygen atoms in total. The number of hydrogen-bond donors (Lipinski definition) is 2. The highest BCUT2D eigenvalue weighted by Crippen LogP contribution is 2.32. The second-order valence-electron chi connectivity index (χ2n) is 8.25. The first-order valence-corrected chi connectivity index (χ1v) is 12.2. The molecule has 0 radical (unpaired) electrons. The molecule has 1 aliphatic rings. The van der Waals surface area contributed by atoms with E-state index in [0.29, 0.717) is 5.75 Å². The Bertz CT molecular complexity index is 690. The summed E-state index contributed by atoms with van der Waals surface area (Å²) >= 11 is 0. The number of amides is 1. The van der Waals surface area contributed by atoms with Gasteiger partial charge in [0, 0.05) is 6.16 Å². The van der Waals surface area contributed by atoms with Crippen LogP contribution in [0.2, 0.25) is 0 Å². The fourth-order valence-electron chi connectivity index (χ4n) is 3.78. The van der Waals surface area contributed by atoms with Gasteiger partial charge in [0.05, 0.1) is 18.6 Å². The predicted octanol–water partition coefficient (Wildman–Crippen LogP) is 3.98. The molecule has 2 N–H and O–H groups in total. The molecule has 1 fully saturated rings. The van der Waals surface area contributed by atoms with Crippen molar-refractivity contribution < 1.29 is 28.5 Å². The Balaban J connectivity index is 1.89. The number of hydrogen-bond acceptors (Lipinski definition) is 5. The highest BCUT2D eigenvalue weighted by atomic mass is 31.1. The number of rotatable bonds is 12. The molecule has 168 valence electrons. The third-order valence-corrected chi connectivity index (χ3v) is 6.87. The molecule has 1 amide bonds. The van der Waals surface area contributed by atoms with Crippen LogP contribution in [0.25, 0.3) is 0 Å². The number of ether oxygens (including phenoxy) is 1. The van der Waals surface area contributed by atoms with Gasteiger partial charge in [0.15, 0.2) is 14.6 Å². The van der Waals surface area contributed by atoms with Crippen LogP contribution in [0.4, 0.5) is 0 Å². The highest BCUT2D eigenvalue weighted by molar-refractivity contribution is 7.39. The van der Waals surface area contributed by atoms with E-state index >= 15 is 0 Å². The van der Waals surface area contributed by atoms with Crippen LogP contribution in [0, 0.1) is 17.8 Å². The molecule has 0 heterocycles. The van der Waals surface area contributed by atoms with Gasteiger partial charge in [-0.05, 0) is 36.8 Å². The molecule has 2 rings (SSSR count). The summed E-state index contributed by atoms with van der Waals surface area (Å²) in [5, 5.41) is 12.3. The number of carboxylic acid groups (broad SMARTS) is 1. The maximum absolute atomic E-state index is 12.4. The largest absolute Gasteiger partial charge is 0.484 e. The van der Waals surface area contributed by atoms with Crippen LogP contribution in [0.3, 0.4) is 0 Å². The van der Waals surface area contributed by atoms with Gasteiger partial charge in [0.1, 0.15) is 5.75 Å². The number of aliphatic carboxylic acids is 1. The molecule has 0 saturated heterocycles. The number of carbonyl (C=O) groups is 2. The molecule has 0 aromatic heterocycles. The fraction of sp³-hybridized carbons (Fsp3) is 0.636. The lowest BCUT2D eigenvalue weighted by atomic mass is 9.84. The molecule has 0 bridgehead atoms. The average molecular weight is 439 g/mol. The zero-order chi connectivity index (χ0) is 21.9. The predicted molar refractivity (Wildman–Crippen MR) is 116 cm³/mol. The first kappa shape index (κ1) is 24.4. The van der Waals surface area contributed by atoms with Gasteiger partial charge >= 0.3 is 5.97 Å². The molecule has 1 saturated carbocycles. The van der Waals surface area contributed by atoms with Crippen LogP contribution in [-0.2, 0) is 18.7 Å². The minimum atomic E-state index is -2.51. The molecule has 3 unspecified atom stereocenters. The van der Waals surface area contributed by atoms with E-state index in [9.17, 15) is 19.3 Å². The van der Waals surface area contributed by atoms with Crippen molar-refractivity contribution in [3.8, 4) is 5.75 Å². The maximum Gasteiger partial charge on any atom is 0.307 e. The number of benzene rings is 1. The summed E-state index contributed by atoms with van der Waals surface area (Å²) < 4.78 is 23.5. The topological polar surface area (TPSA) is 102 Å². The van der Waals surface area contributed by atoms with Gasteiger partial charge in [-0.2, -0.15) is 0 Å². The smallest absolute Gasteiger partial charge is 0.307 e. The fourth-order valence-corrected chi connectivity index (χ4v) is 5.26. The lowest BCUT2D eigenvalue weighted by Gasteiger charge is -2.31. The van der Waals surface area contributed by atoms with E-state index in [4.69, 9.17) is 9.26 Å². The maximum atomic E-state index is 12.4. The molecule has 0 aliphatic heterocycles. The number of nitrogens with one attached hydrogen (secondary N) is 1. The Kier molecular flexibility index (Phi) is 10.4. The minimum absolute atomic E-state index is 0.0140. The Morgan fingerprint density at radius 1 is 1.17 bits per heavy atom. The summed E-state index contributed by atoms with van der Waals surface area (Å²) in [5.41, 5.74) is 0. The van der Waals surface area contributed by atoms with Crippen LogP contribution in [0.1, 0.15) is 46.0 Å². The third kappa shape index (κ3) is 8.49. The Hall–Kier alpha value is -1.85. The van der Waals surface area contributed by atoms with E-state index in [1.165, 1.54) is 6.42 Å².